The highest BCUT2D eigenvalue weighted by Gasteiger charge is 2.42. The number of ether oxygens (including phenoxy) is 2. The number of nitrogens with zero attached hydrogens (tertiary/aromatic N) is 1. The van der Waals surface area contributed by atoms with Crippen LogP contribution in [-0.4, -0.2) is 24.1 Å². The molecule has 1 heterocycles. The molecule has 0 fully saturated rings. The fourth-order valence-corrected chi connectivity index (χ4v) is 3.15. The van der Waals surface area contributed by atoms with Crippen LogP contribution >= 0.6 is 0 Å². The molecular formula is C22H27N3O2. The van der Waals surface area contributed by atoms with Gasteiger partial charge in [-0.15, -0.1) is 0 Å². The maximum atomic E-state index is 6.74. The van der Waals surface area contributed by atoms with E-state index in [4.69, 9.17) is 20.9 Å². The zero-order chi connectivity index (χ0) is 19.3. The topological polar surface area (TPSA) is 82.9 Å². The van der Waals surface area contributed by atoms with Crippen LogP contribution < -0.4 is 16.2 Å². The van der Waals surface area contributed by atoms with E-state index in [1.165, 1.54) is 0 Å². The van der Waals surface area contributed by atoms with Crippen LogP contribution in [0.25, 0.3) is 0 Å². The highest BCUT2D eigenvalue weighted by molar-refractivity contribution is 5.88. The molecular weight excluding hydrogens is 338 g/mol. The van der Waals surface area contributed by atoms with Crippen LogP contribution in [0.15, 0.2) is 76.9 Å². The predicted octanol–water partition coefficient (Wildman–Crippen LogP) is 3.40. The molecule has 0 amide bonds. The molecule has 5 nitrogen and oxygen atoms in total. The fraction of sp³-hybridized carbons (Fsp3) is 0.318. The van der Waals surface area contributed by atoms with Gasteiger partial charge in [-0.25, -0.2) is 4.99 Å². The normalized spacial score (nSPS) is 22.5. The first-order chi connectivity index (χ1) is 13.0. The summed E-state index contributed by atoms with van der Waals surface area (Å²) in [6.45, 7) is 4.97. The highest BCUT2D eigenvalue weighted by Crippen LogP contribution is 2.30. The number of benzene rings is 2. The smallest absolute Gasteiger partial charge is 0.214 e. The third kappa shape index (κ3) is 4.45. The Hall–Kier alpha value is -2.47. The lowest BCUT2D eigenvalue weighted by atomic mass is 9.79. The lowest BCUT2D eigenvalue weighted by Gasteiger charge is -2.39. The average Bonchev–Trinajstić information content (AvgIpc) is 2.70. The standard InChI is InChI=1S/C22H27N3O2/c1-16-17(2)25-21(27-19-11-7-4-8-12-19)20(23)22(16,24)13-14-26-15-18-9-5-3-6-10-18/h3-12,20H,13-15,23-24H2,1-2H3. The molecule has 0 bridgehead atoms. The second kappa shape index (κ2) is 8.48. The van der Waals surface area contributed by atoms with Crippen molar-refractivity contribution in [2.24, 2.45) is 16.5 Å². The first-order valence-corrected chi connectivity index (χ1v) is 9.16. The molecule has 2 unspecified atom stereocenters. The van der Waals surface area contributed by atoms with Gasteiger partial charge in [0.2, 0.25) is 5.90 Å². The summed E-state index contributed by atoms with van der Waals surface area (Å²) in [6.07, 6.45) is 0.585. The molecule has 5 heteroatoms. The van der Waals surface area contributed by atoms with E-state index in [1.54, 1.807) is 0 Å². The summed E-state index contributed by atoms with van der Waals surface area (Å²) in [7, 11) is 0. The molecule has 1 aliphatic heterocycles. The summed E-state index contributed by atoms with van der Waals surface area (Å²) in [4.78, 5) is 4.54. The van der Waals surface area contributed by atoms with Crippen LogP contribution in [0, 0.1) is 0 Å². The highest BCUT2D eigenvalue weighted by atomic mass is 16.5. The van der Waals surface area contributed by atoms with Crippen LogP contribution in [0.1, 0.15) is 25.8 Å². The molecule has 0 aromatic heterocycles. The molecule has 27 heavy (non-hydrogen) atoms. The second-order valence-corrected chi connectivity index (χ2v) is 6.88. The van der Waals surface area contributed by atoms with Crippen molar-refractivity contribution < 1.29 is 9.47 Å². The quantitative estimate of drug-likeness (QED) is 0.769. The van der Waals surface area contributed by atoms with Crippen LogP contribution in [0.3, 0.4) is 0 Å². The number of hydrogen-bond donors (Lipinski definition) is 2. The van der Waals surface area contributed by atoms with Crippen molar-refractivity contribution in [1.29, 1.82) is 0 Å². The largest absolute Gasteiger partial charge is 0.441 e. The van der Waals surface area contributed by atoms with E-state index in [9.17, 15) is 0 Å². The Labute approximate surface area is 160 Å². The van der Waals surface area contributed by atoms with Gasteiger partial charge in [0.1, 0.15) is 11.8 Å². The summed E-state index contributed by atoms with van der Waals surface area (Å²) in [5.41, 5.74) is 15.4. The first kappa shape index (κ1) is 19.3. The van der Waals surface area contributed by atoms with Crippen LogP contribution in [0.4, 0.5) is 0 Å². The lowest BCUT2D eigenvalue weighted by Crippen LogP contribution is -2.63. The van der Waals surface area contributed by atoms with Crippen molar-refractivity contribution in [2.45, 2.75) is 38.5 Å². The monoisotopic (exact) mass is 365 g/mol. The van der Waals surface area contributed by atoms with Gasteiger partial charge in [-0.2, -0.15) is 0 Å². The maximum absolute atomic E-state index is 6.74. The number of rotatable bonds is 6. The third-order valence-electron chi connectivity index (χ3n) is 5.08. The van der Waals surface area contributed by atoms with E-state index in [2.05, 4.69) is 4.99 Å². The lowest BCUT2D eigenvalue weighted by molar-refractivity contribution is 0.104. The molecule has 3 rings (SSSR count). The molecule has 0 saturated carbocycles. The predicted molar refractivity (Wildman–Crippen MR) is 108 cm³/mol. The summed E-state index contributed by atoms with van der Waals surface area (Å²) in [6, 6.07) is 19.0. The van der Waals surface area contributed by atoms with Gasteiger partial charge in [-0.05, 0) is 43.5 Å². The van der Waals surface area contributed by atoms with Gasteiger partial charge >= 0.3 is 0 Å². The molecule has 4 N–H and O–H groups in total. The van der Waals surface area contributed by atoms with Crippen LogP contribution in [0.5, 0.6) is 5.75 Å². The average molecular weight is 365 g/mol. The van der Waals surface area contributed by atoms with Gasteiger partial charge in [0.05, 0.1) is 12.1 Å². The van der Waals surface area contributed by atoms with Crippen molar-refractivity contribution in [1.82, 2.24) is 0 Å². The Kier molecular flexibility index (Phi) is 6.06. The molecule has 0 radical (unpaired) electrons. The van der Waals surface area contributed by atoms with Gasteiger partial charge in [0.15, 0.2) is 0 Å². The maximum Gasteiger partial charge on any atom is 0.214 e. The van der Waals surface area contributed by atoms with Gasteiger partial charge < -0.3 is 20.9 Å². The van der Waals surface area contributed by atoms with Crippen molar-refractivity contribution in [2.75, 3.05) is 6.61 Å². The van der Waals surface area contributed by atoms with Gasteiger partial charge in [-0.1, -0.05) is 48.5 Å². The summed E-state index contributed by atoms with van der Waals surface area (Å²) < 4.78 is 11.8. The minimum atomic E-state index is -0.757. The zero-order valence-electron chi connectivity index (χ0n) is 15.9. The second-order valence-electron chi connectivity index (χ2n) is 6.88. The molecule has 2 aromatic rings. The Morgan fingerprint density at radius 2 is 1.63 bits per heavy atom. The van der Waals surface area contributed by atoms with Crippen LogP contribution in [0.2, 0.25) is 0 Å². The fourth-order valence-electron chi connectivity index (χ4n) is 3.15. The Morgan fingerprint density at radius 1 is 1.00 bits per heavy atom. The van der Waals surface area contributed by atoms with Gasteiger partial charge in [0, 0.05) is 12.3 Å². The van der Waals surface area contributed by atoms with Crippen molar-refractivity contribution in [3.05, 3.63) is 77.5 Å². The van der Waals surface area contributed by atoms with Gasteiger partial charge in [0.25, 0.3) is 0 Å². The van der Waals surface area contributed by atoms with Crippen molar-refractivity contribution >= 4 is 5.90 Å². The van der Waals surface area contributed by atoms with Gasteiger partial charge in [-0.3, -0.25) is 0 Å². The summed E-state index contributed by atoms with van der Waals surface area (Å²) >= 11 is 0. The third-order valence-corrected chi connectivity index (χ3v) is 5.08. The summed E-state index contributed by atoms with van der Waals surface area (Å²) in [5, 5.41) is 0. The SMILES string of the molecule is CC1=C(C)C(N)(CCOCc2ccccc2)C(N)C(Oc2ccccc2)=N1. The van der Waals surface area contributed by atoms with E-state index in [0.717, 1.165) is 16.8 Å². The van der Waals surface area contributed by atoms with E-state index in [1.807, 2.05) is 74.5 Å². The molecule has 2 atom stereocenters. The Morgan fingerprint density at radius 3 is 2.30 bits per heavy atom. The minimum Gasteiger partial charge on any atom is -0.441 e. The number of nitrogens with two attached hydrogens (primary N) is 2. The molecule has 142 valence electrons. The van der Waals surface area contributed by atoms with E-state index >= 15 is 0 Å². The molecule has 0 saturated heterocycles. The van der Waals surface area contributed by atoms with E-state index < -0.39 is 11.6 Å². The molecule has 0 spiro atoms. The number of para-hydroxylation sites is 1. The van der Waals surface area contributed by atoms with E-state index in [0.29, 0.717) is 31.3 Å². The Bertz CT molecular complexity index is 818. The summed E-state index contributed by atoms with van der Waals surface area (Å²) in [5.74, 6) is 1.14. The minimum absolute atomic E-state index is 0.440. The number of allylic oxidation sites excluding steroid dienone is 1. The Balaban J connectivity index is 1.67. The van der Waals surface area contributed by atoms with E-state index in [-0.39, 0.29) is 0 Å². The molecule has 0 aliphatic carbocycles. The number of aliphatic imine (C=N–C) groups is 1. The first-order valence-electron chi connectivity index (χ1n) is 9.16. The zero-order valence-corrected chi connectivity index (χ0v) is 15.9. The van der Waals surface area contributed by atoms with Crippen LogP contribution in [-0.2, 0) is 11.3 Å². The molecule has 1 aliphatic rings. The van der Waals surface area contributed by atoms with Crippen molar-refractivity contribution in [3.63, 3.8) is 0 Å². The molecule has 2 aromatic carbocycles. The number of hydrogen-bond acceptors (Lipinski definition) is 5. The van der Waals surface area contributed by atoms with Crippen molar-refractivity contribution in [3.8, 4) is 5.75 Å².